The molecular formula is C16H14Cl2F3N3O3S. The van der Waals surface area contributed by atoms with Gasteiger partial charge in [0.05, 0.1) is 15.6 Å². The number of nitrogens with one attached hydrogen (secondary N) is 1. The van der Waals surface area contributed by atoms with Gasteiger partial charge in [-0.2, -0.15) is 17.5 Å². The summed E-state index contributed by atoms with van der Waals surface area (Å²) in [5, 5.41) is 0.0660. The van der Waals surface area contributed by atoms with Crippen molar-refractivity contribution in [2.45, 2.75) is 11.1 Å². The second-order valence-electron chi connectivity index (χ2n) is 6.07. The van der Waals surface area contributed by atoms with E-state index in [1.54, 1.807) is 0 Å². The summed E-state index contributed by atoms with van der Waals surface area (Å²) >= 11 is 11.6. The predicted octanol–water partition coefficient (Wildman–Crippen LogP) is 3.49. The Hall–Kier alpha value is -1.75. The number of aromatic nitrogens is 1. The van der Waals surface area contributed by atoms with Gasteiger partial charge in [-0.3, -0.25) is 4.79 Å². The van der Waals surface area contributed by atoms with Crippen LogP contribution in [0, 0.1) is 0 Å². The van der Waals surface area contributed by atoms with Crippen molar-refractivity contribution in [2.75, 3.05) is 26.2 Å². The molecule has 152 valence electrons. The molecule has 1 amide bonds. The van der Waals surface area contributed by atoms with Crippen LogP contribution in [0.3, 0.4) is 0 Å². The summed E-state index contributed by atoms with van der Waals surface area (Å²) in [5.41, 5.74) is -0.838. The van der Waals surface area contributed by atoms with E-state index in [0.717, 1.165) is 16.4 Å². The van der Waals surface area contributed by atoms with E-state index >= 15 is 0 Å². The normalized spacial score (nSPS) is 16.4. The number of hydrogen-bond donors (Lipinski definition) is 1. The summed E-state index contributed by atoms with van der Waals surface area (Å²) in [4.78, 5) is 15.9. The minimum Gasteiger partial charge on any atom is -0.356 e. The molecule has 1 N–H and O–H groups in total. The highest BCUT2D eigenvalue weighted by atomic mass is 35.5. The molecule has 0 bridgehead atoms. The lowest BCUT2D eigenvalue weighted by molar-refractivity contribution is -0.137. The zero-order valence-electron chi connectivity index (χ0n) is 14.1. The standard InChI is InChI=1S/C16H14Cl2F3N3O3S/c17-11-8-13(22-9-11)15(25)23-3-5-24(6-4-23)28(26,27)14-7-10(16(19,20)21)1-2-12(14)18/h1-2,7-9,22H,3-6H2. The van der Waals surface area contributed by atoms with Crippen LogP contribution >= 0.6 is 23.2 Å². The molecular weight excluding hydrogens is 442 g/mol. The van der Waals surface area contributed by atoms with Crippen molar-refractivity contribution < 1.29 is 26.4 Å². The Morgan fingerprint density at radius 3 is 2.25 bits per heavy atom. The average molecular weight is 456 g/mol. The van der Waals surface area contributed by atoms with Crippen LogP contribution in [0.4, 0.5) is 13.2 Å². The van der Waals surface area contributed by atoms with E-state index in [0.29, 0.717) is 11.1 Å². The molecule has 0 saturated carbocycles. The number of piperazine rings is 1. The van der Waals surface area contributed by atoms with Gasteiger partial charge in [0, 0.05) is 32.4 Å². The number of benzene rings is 1. The largest absolute Gasteiger partial charge is 0.416 e. The lowest BCUT2D eigenvalue weighted by Gasteiger charge is -2.34. The third-order valence-electron chi connectivity index (χ3n) is 4.28. The summed E-state index contributed by atoms with van der Waals surface area (Å²) in [5.74, 6) is -0.346. The Balaban J connectivity index is 1.77. The molecule has 0 unspecified atom stereocenters. The average Bonchev–Trinajstić information content (AvgIpc) is 3.07. The van der Waals surface area contributed by atoms with Crippen LogP contribution in [0.15, 0.2) is 35.4 Å². The molecule has 1 aromatic heterocycles. The highest BCUT2D eigenvalue weighted by molar-refractivity contribution is 7.89. The Bertz CT molecular complexity index is 1000. The molecule has 2 aromatic rings. The first-order valence-electron chi connectivity index (χ1n) is 8.00. The lowest BCUT2D eigenvalue weighted by atomic mass is 10.2. The van der Waals surface area contributed by atoms with E-state index in [9.17, 15) is 26.4 Å². The molecule has 12 heteroatoms. The van der Waals surface area contributed by atoms with Gasteiger partial charge in [0.1, 0.15) is 10.6 Å². The summed E-state index contributed by atoms with van der Waals surface area (Å²) in [6.45, 7) is 0.000737. The van der Waals surface area contributed by atoms with Gasteiger partial charge in [0.15, 0.2) is 0 Å². The van der Waals surface area contributed by atoms with Crippen molar-refractivity contribution in [1.29, 1.82) is 0 Å². The Labute approximate surface area is 168 Å². The van der Waals surface area contributed by atoms with E-state index in [1.165, 1.54) is 17.2 Å². The SMILES string of the molecule is O=C(c1cc(Cl)c[nH]1)N1CCN(S(=O)(=O)c2cc(C(F)(F)F)ccc2Cl)CC1. The van der Waals surface area contributed by atoms with Gasteiger partial charge < -0.3 is 9.88 Å². The molecule has 0 aliphatic carbocycles. The van der Waals surface area contributed by atoms with Crippen LogP contribution in [0.25, 0.3) is 0 Å². The second-order valence-corrected chi connectivity index (χ2v) is 8.82. The number of hydrogen-bond acceptors (Lipinski definition) is 3. The summed E-state index contributed by atoms with van der Waals surface area (Å²) < 4.78 is 65.4. The number of H-pyrrole nitrogens is 1. The summed E-state index contributed by atoms with van der Waals surface area (Å²) in [7, 11) is -4.25. The van der Waals surface area contributed by atoms with Crippen LogP contribution in [-0.2, 0) is 16.2 Å². The van der Waals surface area contributed by atoms with E-state index in [1.807, 2.05) is 0 Å². The smallest absolute Gasteiger partial charge is 0.356 e. The number of rotatable bonds is 3. The molecule has 0 atom stereocenters. The third kappa shape index (κ3) is 4.14. The van der Waals surface area contributed by atoms with Crippen molar-refractivity contribution in [1.82, 2.24) is 14.2 Å². The molecule has 6 nitrogen and oxygen atoms in total. The van der Waals surface area contributed by atoms with Crippen molar-refractivity contribution in [3.8, 4) is 0 Å². The highest BCUT2D eigenvalue weighted by Crippen LogP contribution is 2.34. The monoisotopic (exact) mass is 455 g/mol. The molecule has 2 heterocycles. The molecule has 1 aliphatic rings. The Kier molecular flexibility index (Phi) is 5.68. The fourth-order valence-corrected chi connectivity index (χ4v) is 4.90. The molecule has 3 rings (SSSR count). The van der Waals surface area contributed by atoms with Crippen LogP contribution in [0.1, 0.15) is 16.1 Å². The Morgan fingerprint density at radius 2 is 1.71 bits per heavy atom. The second kappa shape index (κ2) is 7.58. The maximum Gasteiger partial charge on any atom is 0.416 e. The lowest BCUT2D eigenvalue weighted by Crippen LogP contribution is -2.50. The molecule has 1 aliphatic heterocycles. The fraction of sp³-hybridized carbons (Fsp3) is 0.312. The van der Waals surface area contributed by atoms with Crippen molar-refractivity contribution in [3.63, 3.8) is 0 Å². The van der Waals surface area contributed by atoms with Gasteiger partial charge in [-0.25, -0.2) is 8.42 Å². The van der Waals surface area contributed by atoms with Gasteiger partial charge in [-0.05, 0) is 24.3 Å². The number of aromatic amines is 1. The number of alkyl halides is 3. The van der Waals surface area contributed by atoms with Crippen LogP contribution < -0.4 is 0 Å². The molecule has 1 saturated heterocycles. The first-order chi connectivity index (χ1) is 13.0. The van der Waals surface area contributed by atoms with Gasteiger partial charge in [0.25, 0.3) is 5.91 Å². The van der Waals surface area contributed by atoms with Crippen molar-refractivity contribution in [3.05, 3.63) is 51.8 Å². The van der Waals surface area contributed by atoms with Crippen LogP contribution in [-0.4, -0.2) is 54.7 Å². The summed E-state index contributed by atoms with van der Waals surface area (Å²) in [6.07, 6.45) is -3.25. The minimum absolute atomic E-state index is 0.0743. The van der Waals surface area contributed by atoms with Crippen LogP contribution in [0.5, 0.6) is 0 Å². The zero-order valence-corrected chi connectivity index (χ0v) is 16.5. The molecule has 28 heavy (non-hydrogen) atoms. The van der Waals surface area contributed by atoms with E-state index in [2.05, 4.69) is 4.98 Å². The number of halogens is 5. The van der Waals surface area contributed by atoms with Crippen LogP contribution in [0.2, 0.25) is 10.0 Å². The topological polar surface area (TPSA) is 73.5 Å². The zero-order chi connectivity index (χ0) is 20.7. The van der Waals surface area contributed by atoms with Gasteiger partial charge >= 0.3 is 6.18 Å². The summed E-state index contributed by atoms with van der Waals surface area (Å²) in [6, 6.07) is 3.61. The number of carbonyl (C=O) groups is 1. The van der Waals surface area contributed by atoms with E-state index in [-0.39, 0.29) is 42.8 Å². The number of nitrogens with zero attached hydrogens (tertiary/aromatic N) is 2. The van der Waals surface area contributed by atoms with E-state index in [4.69, 9.17) is 23.2 Å². The fourth-order valence-electron chi connectivity index (χ4n) is 2.81. The maximum atomic E-state index is 12.9. The number of sulfonamides is 1. The minimum atomic E-state index is -4.70. The predicted molar refractivity (Wildman–Crippen MR) is 96.9 cm³/mol. The molecule has 0 spiro atoms. The number of carbonyl (C=O) groups excluding carboxylic acids is 1. The molecule has 0 radical (unpaired) electrons. The first-order valence-corrected chi connectivity index (χ1v) is 10.2. The molecule has 1 fully saturated rings. The number of amides is 1. The van der Waals surface area contributed by atoms with Gasteiger partial charge in [-0.1, -0.05) is 23.2 Å². The van der Waals surface area contributed by atoms with Gasteiger partial charge in [0.2, 0.25) is 10.0 Å². The third-order valence-corrected chi connectivity index (χ3v) is 6.88. The van der Waals surface area contributed by atoms with E-state index < -0.39 is 26.7 Å². The van der Waals surface area contributed by atoms with Crippen molar-refractivity contribution in [2.24, 2.45) is 0 Å². The quantitative estimate of drug-likeness (QED) is 0.769. The van der Waals surface area contributed by atoms with Crippen molar-refractivity contribution >= 4 is 39.1 Å². The Morgan fingerprint density at radius 1 is 1.07 bits per heavy atom. The maximum absolute atomic E-state index is 12.9. The molecule has 1 aromatic carbocycles. The first kappa shape index (κ1) is 21.0. The highest BCUT2D eigenvalue weighted by Gasteiger charge is 2.36. The van der Waals surface area contributed by atoms with Gasteiger partial charge in [-0.15, -0.1) is 0 Å².